The number of carbonyl (C=O) groups excluding carboxylic acids is 1. The summed E-state index contributed by atoms with van der Waals surface area (Å²) in [5.74, 6) is -0.254. The minimum absolute atomic E-state index is 0.0781. The minimum Gasteiger partial charge on any atom is -0.294 e. The number of carbonyl (C=O) groups is 1. The van der Waals surface area contributed by atoms with Gasteiger partial charge in [0, 0.05) is 6.42 Å². The molecule has 0 bridgehead atoms. The molecule has 0 atom stereocenters. The average Bonchev–Trinajstić information content (AvgIpc) is 2.16. The van der Waals surface area contributed by atoms with Crippen LogP contribution in [0.1, 0.15) is 12.5 Å². The first kappa shape index (κ1) is 12.6. The number of rotatable bonds is 4. The van der Waals surface area contributed by atoms with Crippen molar-refractivity contribution in [1.82, 2.24) is 0 Å². The highest BCUT2D eigenvalue weighted by Gasteiger charge is 2.16. The summed E-state index contributed by atoms with van der Waals surface area (Å²) in [6, 6.07) is 5.84. The van der Waals surface area contributed by atoms with Gasteiger partial charge >= 0.3 is 0 Å². The van der Waals surface area contributed by atoms with E-state index in [0.29, 0.717) is 5.57 Å². The molecule has 1 rings (SSSR count). The molecule has 1 aromatic rings. The summed E-state index contributed by atoms with van der Waals surface area (Å²) in [7, 11) is -4.29. The maximum atomic E-state index is 11.4. The first-order chi connectivity index (χ1) is 7.32. The summed E-state index contributed by atoms with van der Waals surface area (Å²) in [4.78, 5) is 11.2. The summed E-state index contributed by atoms with van der Waals surface area (Å²) in [5, 5.41) is 0. The Morgan fingerprint density at radius 3 is 2.44 bits per heavy atom. The lowest BCUT2D eigenvalue weighted by Crippen LogP contribution is -2.08. The summed E-state index contributed by atoms with van der Waals surface area (Å²) in [5.41, 5.74) is 0.628. The minimum atomic E-state index is -4.29. The van der Waals surface area contributed by atoms with Gasteiger partial charge in [-0.15, -0.1) is 0 Å². The molecule has 0 heterocycles. The smallest absolute Gasteiger partial charge is 0.294 e. The van der Waals surface area contributed by atoms with Crippen LogP contribution in [0.15, 0.2) is 41.3 Å². The molecule has 5 heteroatoms. The Balaban J connectivity index is 3.16. The summed E-state index contributed by atoms with van der Waals surface area (Å²) in [6.45, 7) is 5.04. The third kappa shape index (κ3) is 3.01. The molecular formula is C11H12O4S. The topological polar surface area (TPSA) is 71.4 Å². The molecule has 0 aliphatic carbocycles. The van der Waals surface area contributed by atoms with E-state index < -0.39 is 10.1 Å². The molecule has 0 amide bonds. The van der Waals surface area contributed by atoms with Gasteiger partial charge in [-0.05, 0) is 24.1 Å². The zero-order chi connectivity index (χ0) is 12.3. The molecule has 0 radical (unpaired) electrons. The van der Waals surface area contributed by atoms with Crippen molar-refractivity contribution in [1.29, 1.82) is 0 Å². The van der Waals surface area contributed by atoms with E-state index in [-0.39, 0.29) is 22.7 Å². The van der Waals surface area contributed by atoms with Crippen molar-refractivity contribution in [2.45, 2.75) is 18.2 Å². The van der Waals surface area contributed by atoms with Crippen LogP contribution in [0.3, 0.4) is 0 Å². The molecule has 0 aliphatic rings. The lowest BCUT2D eigenvalue weighted by atomic mass is 10.1. The molecule has 1 N–H and O–H groups in total. The molecule has 0 unspecified atom stereocenters. The fraction of sp³-hybridized carbons (Fsp3) is 0.182. The first-order valence-electron chi connectivity index (χ1n) is 4.56. The van der Waals surface area contributed by atoms with Gasteiger partial charge in [0.25, 0.3) is 10.1 Å². The predicted molar refractivity (Wildman–Crippen MR) is 59.8 cm³/mol. The Bertz CT molecular complexity index is 529. The maximum Gasteiger partial charge on any atom is 0.294 e. The molecule has 0 spiro atoms. The molecule has 0 aliphatic heterocycles. The van der Waals surface area contributed by atoms with E-state index in [0.717, 1.165) is 0 Å². The Labute approximate surface area is 94.4 Å². The largest absolute Gasteiger partial charge is 0.294 e. The number of hydrogen-bond acceptors (Lipinski definition) is 3. The van der Waals surface area contributed by atoms with Crippen LogP contribution in [0, 0.1) is 0 Å². The van der Waals surface area contributed by atoms with Gasteiger partial charge in [0.2, 0.25) is 0 Å². The Morgan fingerprint density at radius 1 is 1.38 bits per heavy atom. The maximum absolute atomic E-state index is 11.4. The van der Waals surface area contributed by atoms with Crippen LogP contribution < -0.4 is 0 Å². The van der Waals surface area contributed by atoms with Crippen LogP contribution in [0.2, 0.25) is 0 Å². The zero-order valence-electron chi connectivity index (χ0n) is 8.80. The first-order valence-corrected chi connectivity index (χ1v) is 6.00. The second-order valence-electron chi connectivity index (χ2n) is 3.46. The van der Waals surface area contributed by atoms with Crippen molar-refractivity contribution in [2.24, 2.45) is 0 Å². The molecular weight excluding hydrogens is 228 g/mol. The van der Waals surface area contributed by atoms with Gasteiger partial charge < -0.3 is 0 Å². The lowest BCUT2D eigenvalue weighted by molar-refractivity contribution is -0.114. The van der Waals surface area contributed by atoms with Crippen LogP contribution in [-0.2, 0) is 21.3 Å². The fourth-order valence-corrected chi connectivity index (χ4v) is 1.95. The van der Waals surface area contributed by atoms with E-state index in [1.165, 1.54) is 18.2 Å². The summed E-state index contributed by atoms with van der Waals surface area (Å²) < 4.78 is 31.0. The van der Waals surface area contributed by atoms with Crippen LogP contribution in [-0.4, -0.2) is 18.8 Å². The molecule has 0 aromatic heterocycles. The quantitative estimate of drug-likeness (QED) is 0.641. The van der Waals surface area contributed by atoms with Crippen molar-refractivity contribution in [3.63, 3.8) is 0 Å². The lowest BCUT2D eigenvalue weighted by Gasteiger charge is -2.05. The van der Waals surface area contributed by atoms with E-state index in [4.69, 9.17) is 4.55 Å². The number of benzene rings is 1. The van der Waals surface area contributed by atoms with E-state index >= 15 is 0 Å². The van der Waals surface area contributed by atoms with Crippen molar-refractivity contribution in [3.8, 4) is 0 Å². The van der Waals surface area contributed by atoms with Crippen molar-refractivity contribution in [3.05, 3.63) is 42.0 Å². The fourth-order valence-electron chi connectivity index (χ4n) is 1.23. The molecule has 16 heavy (non-hydrogen) atoms. The molecule has 86 valence electrons. The molecule has 0 saturated carbocycles. The Morgan fingerprint density at radius 2 is 1.94 bits per heavy atom. The van der Waals surface area contributed by atoms with Crippen LogP contribution in [0.5, 0.6) is 0 Å². The molecule has 0 saturated heterocycles. The van der Waals surface area contributed by atoms with Crippen molar-refractivity contribution < 1.29 is 17.8 Å². The Hall–Kier alpha value is -1.46. The van der Waals surface area contributed by atoms with Gasteiger partial charge in [-0.3, -0.25) is 9.35 Å². The molecule has 1 aromatic carbocycles. The van der Waals surface area contributed by atoms with Gasteiger partial charge in [-0.2, -0.15) is 8.42 Å². The van der Waals surface area contributed by atoms with Gasteiger partial charge in [-0.25, -0.2) is 0 Å². The van der Waals surface area contributed by atoms with E-state index in [1.807, 2.05) is 0 Å². The normalized spacial score (nSPS) is 11.1. The van der Waals surface area contributed by atoms with Crippen LogP contribution >= 0.6 is 0 Å². The number of hydrogen-bond donors (Lipinski definition) is 1. The monoisotopic (exact) mass is 240 g/mol. The highest BCUT2D eigenvalue weighted by atomic mass is 32.2. The van der Waals surface area contributed by atoms with Crippen molar-refractivity contribution >= 4 is 15.9 Å². The van der Waals surface area contributed by atoms with Crippen molar-refractivity contribution in [2.75, 3.05) is 0 Å². The summed E-state index contributed by atoms with van der Waals surface area (Å²) >= 11 is 0. The predicted octanol–water partition coefficient (Wildman–Crippen LogP) is 1.62. The van der Waals surface area contributed by atoms with Crippen LogP contribution in [0.4, 0.5) is 0 Å². The zero-order valence-corrected chi connectivity index (χ0v) is 9.62. The highest BCUT2D eigenvalue weighted by Crippen LogP contribution is 2.16. The van der Waals surface area contributed by atoms with Gasteiger partial charge in [-0.1, -0.05) is 24.8 Å². The molecule has 4 nitrogen and oxygen atoms in total. The van der Waals surface area contributed by atoms with Gasteiger partial charge in [0.1, 0.15) is 0 Å². The second kappa shape index (κ2) is 4.59. The van der Waals surface area contributed by atoms with Crippen LogP contribution in [0.25, 0.3) is 0 Å². The van der Waals surface area contributed by atoms with Gasteiger partial charge in [0.15, 0.2) is 5.78 Å². The standard InChI is InChI=1S/C11H12O4S/c1-8(2)10(12)7-9-5-3-4-6-11(9)16(13,14)15/h3-6H,1,7H2,2H3,(H,13,14,15). The third-order valence-electron chi connectivity index (χ3n) is 2.08. The SMILES string of the molecule is C=C(C)C(=O)Cc1ccccc1S(=O)(=O)O. The summed E-state index contributed by atoms with van der Waals surface area (Å²) in [6.07, 6.45) is -0.0781. The number of Topliss-reactive ketones (excluding diaryl/α,β-unsaturated/α-hetero) is 1. The van der Waals surface area contributed by atoms with E-state index in [1.54, 1.807) is 13.0 Å². The highest BCUT2D eigenvalue weighted by molar-refractivity contribution is 7.85. The number of ketones is 1. The second-order valence-corrected chi connectivity index (χ2v) is 4.85. The van der Waals surface area contributed by atoms with E-state index in [2.05, 4.69) is 6.58 Å². The molecule has 0 fully saturated rings. The average molecular weight is 240 g/mol. The number of allylic oxidation sites excluding steroid dienone is 1. The van der Waals surface area contributed by atoms with E-state index in [9.17, 15) is 13.2 Å². The Kier molecular flexibility index (Phi) is 3.62. The third-order valence-corrected chi connectivity index (χ3v) is 3.03. The van der Waals surface area contributed by atoms with Gasteiger partial charge in [0.05, 0.1) is 4.90 Å².